The maximum Gasteiger partial charge on any atom is 1.00 e. The standard InChI is InChI=1S/C25H27NO7S.Na/c1-16(2)14-26(34(29,30)24-9-4-17(3)33-24)21-12-20-10-11-31-22(20)13-23(21)32-15-18-5-7-19(8-6-18)25(27)28;/h4-9,12-13,16H,10-11,14-15H2,1-3H3,(H,27,28);/q;+1/p-1. The van der Waals surface area contributed by atoms with Crippen LogP contribution < -0.4 is 48.4 Å². The van der Waals surface area contributed by atoms with Crippen molar-refractivity contribution in [1.82, 2.24) is 0 Å². The van der Waals surface area contributed by atoms with E-state index in [2.05, 4.69) is 0 Å². The van der Waals surface area contributed by atoms with Crippen LogP contribution in [0.3, 0.4) is 0 Å². The van der Waals surface area contributed by atoms with Crippen LogP contribution in [-0.2, 0) is 23.1 Å². The van der Waals surface area contributed by atoms with Gasteiger partial charge in [0.1, 0.15) is 23.9 Å². The summed E-state index contributed by atoms with van der Waals surface area (Å²) in [5, 5.41) is 10.9. The zero-order valence-electron chi connectivity index (χ0n) is 20.2. The van der Waals surface area contributed by atoms with Crippen LogP contribution >= 0.6 is 0 Å². The van der Waals surface area contributed by atoms with Crippen LogP contribution in [0.1, 0.15) is 41.1 Å². The van der Waals surface area contributed by atoms with E-state index in [9.17, 15) is 18.3 Å². The van der Waals surface area contributed by atoms with E-state index in [0.29, 0.717) is 36.0 Å². The number of ether oxygens (including phenoxy) is 2. The molecule has 0 N–H and O–H groups in total. The second-order valence-electron chi connectivity index (χ2n) is 8.59. The minimum Gasteiger partial charge on any atom is -0.545 e. The van der Waals surface area contributed by atoms with Crippen molar-refractivity contribution in [2.45, 2.75) is 38.9 Å². The Bertz CT molecular complexity index is 1300. The van der Waals surface area contributed by atoms with Gasteiger partial charge >= 0.3 is 29.6 Å². The average molecular weight is 508 g/mol. The molecule has 8 nitrogen and oxygen atoms in total. The number of carboxylic acid groups (broad SMARTS) is 1. The number of rotatable bonds is 9. The van der Waals surface area contributed by atoms with E-state index in [1.807, 2.05) is 13.8 Å². The summed E-state index contributed by atoms with van der Waals surface area (Å²) in [5.41, 5.74) is 2.09. The largest absolute Gasteiger partial charge is 1.00 e. The smallest absolute Gasteiger partial charge is 0.545 e. The number of hydrogen-bond donors (Lipinski definition) is 0. The molecule has 0 bridgehead atoms. The maximum atomic E-state index is 13.6. The van der Waals surface area contributed by atoms with Gasteiger partial charge in [-0.1, -0.05) is 38.1 Å². The number of carbonyl (C=O) groups is 1. The van der Waals surface area contributed by atoms with Crippen molar-refractivity contribution in [2.75, 3.05) is 17.5 Å². The zero-order chi connectivity index (χ0) is 24.5. The van der Waals surface area contributed by atoms with Crippen LogP contribution in [-0.4, -0.2) is 27.5 Å². The number of fused-ring (bicyclic) bond motifs is 1. The molecule has 4 rings (SSSR count). The first kappa shape index (κ1) is 27.1. The first-order chi connectivity index (χ1) is 16.1. The molecular weight excluding hydrogens is 481 g/mol. The minimum absolute atomic E-state index is 0. The van der Waals surface area contributed by atoms with Gasteiger partial charge in [-0.05, 0) is 47.7 Å². The normalized spacial score (nSPS) is 12.6. The van der Waals surface area contributed by atoms with Gasteiger partial charge in [-0.3, -0.25) is 4.31 Å². The first-order valence-corrected chi connectivity index (χ1v) is 12.4. The molecule has 0 unspecified atom stereocenters. The van der Waals surface area contributed by atoms with Crippen molar-refractivity contribution < 1.29 is 61.8 Å². The van der Waals surface area contributed by atoms with E-state index in [0.717, 1.165) is 11.1 Å². The van der Waals surface area contributed by atoms with Gasteiger partial charge in [-0.25, -0.2) is 0 Å². The third-order valence-electron chi connectivity index (χ3n) is 5.41. The Balaban J connectivity index is 0.00000342. The Hall–Kier alpha value is -2.46. The van der Waals surface area contributed by atoms with Gasteiger partial charge in [0.05, 0.1) is 18.3 Å². The number of hydrogen-bond acceptors (Lipinski definition) is 7. The molecule has 1 aliphatic rings. The quantitative estimate of drug-likeness (QED) is 0.384. The minimum atomic E-state index is -3.99. The van der Waals surface area contributed by atoms with Crippen molar-refractivity contribution in [3.05, 3.63) is 71.0 Å². The van der Waals surface area contributed by atoms with E-state index in [4.69, 9.17) is 13.9 Å². The number of aromatic carboxylic acids is 1. The maximum absolute atomic E-state index is 13.6. The molecule has 0 saturated carbocycles. The predicted molar refractivity (Wildman–Crippen MR) is 124 cm³/mol. The summed E-state index contributed by atoms with van der Waals surface area (Å²) in [4.78, 5) is 11.0. The van der Waals surface area contributed by atoms with Crippen LogP contribution in [0.4, 0.5) is 5.69 Å². The van der Waals surface area contributed by atoms with Crippen LogP contribution in [0.5, 0.6) is 11.5 Å². The van der Waals surface area contributed by atoms with E-state index >= 15 is 0 Å². The third-order valence-corrected chi connectivity index (χ3v) is 7.07. The van der Waals surface area contributed by atoms with Crippen LogP contribution in [0.25, 0.3) is 0 Å². The molecule has 0 aliphatic carbocycles. The number of sulfonamides is 1. The monoisotopic (exact) mass is 507 g/mol. The number of furan rings is 1. The number of aryl methyl sites for hydroxylation is 1. The summed E-state index contributed by atoms with van der Waals surface area (Å²) in [6.07, 6.45) is 0.669. The van der Waals surface area contributed by atoms with Gasteiger partial charge in [0.15, 0.2) is 0 Å². The number of nitrogens with zero attached hydrogens (tertiary/aromatic N) is 1. The van der Waals surface area contributed by atoms with Crippen molar-refractivity contribution in [1.29, 1.82) is 0 Å². The SMILES string of the molecule is Cc1ccc(S(=O)(=O)N(CC(C)C)c2cc3c(cc2OCc2ccc(C(=O)[O-])cc2)OCC3)o1.[Na+]. The molecular formula is C25H26NNaO7S. The van der Waals surface area contributed by atoms with Gasteiger partial charge < -0.3 is 23.8 Å². The van der Waals surface area contributed by atoms with Crippen LogP contribution in [0, 0.1) is 12.8 Å². The van der Waals surface area contributed by atoms with Crippen LogP contribution in [0.2, 0.25) is 0 Å². The van der Waals surface area contributed by atoms with Gasteiger partial charge in [0.2, 0.25) is 5.09 Å². The summed E-state index contributed by atoms with van der Waals surface area (Å²) in [6.45, 7) is 6.40. The van der Waals surface area contributed by atoms with Crippen molar-refractivity contribution in [3.8, 4) is 11.5 Å². The molecule has 10 heteroatoms. The molecule has 2 heterocycles. The molecule has 3 aromatic rings. The fourth-order valence-corrected chi connectivity index (χ4v) is 5.31. The first-order valence-electron chi connectivity index (χ1n) is 11.0. The van der Waals surface area contributed by atoms with Crippen molar-refractivity contribution in [3.63, 3.8) is 0 Å². The molecule has 1 aromatic heterocycles. The van der Waals surface area contributed by atoms with Crippen molar-refractivity contribution in [2.24, 2.45) is 5.92 Å². The Kier molecular flexibility index (Phi) is 8.58. The fourth-order valence-electron chi connectivity index (χ4n) is 3.72. The second-order valence-corrected chi connectivity index (χ2v) is 10.4. The molecule has 0 saturated heterocycles. The van der Waals surface area contributed by atoms with Gasteiger partial charge in [0.25, 0.3) is 10.0 Å². The van der Waals surface area contributed by atoms with E-state index < -0.39 is 16.0 Å². The molecule has 1 aliphatic heterocycles. The zero-order valence-corrected chi connectivity index (χ0v) is 23.1. The fraction of sp³-hybridized carbons (Fsp3) is 0.320. The summed E-state index contributed by atoms with van der Waals surface area (Å²) in [5.74, 6) is 0.273. The molecule has 0 amide bonds. The van der Waals surface area contributed by atoms with Gasteiger partial charge in [-0.15, -0.1) is 0 Å². The second kappa shape index (κ2) is 11.1. The average Bonchev–Trinajstić information content (AvgIpc) is 3.44. The Morgan fingerprint density at radius 1 is 1.14 bits per heavy atom. The molecule has 0 fully saturated rings. The summed E-state index contributed by atoms with van der Waals surface area (Å²) >= 11 is 0. The predicted octanol–water partition coefficient (Wildman–Crippen LogP) is 0.321. The number of carboxylic acids is 1. The Labute approximate surface area is 227 Å². The third kappa shape index (κ3) is 6.03. The molecule has 0 spiro atoms. The van der Waals surface area contributed by atoms with E-state index in [1.165, 1.54) is 22.5 Å². The van der Waals surface area contributed by atoms with Crippen molar-refractivity contribution >= 4 is 21.7 Å². The molecule has 2 aromatic carbocycles. The number of carbonyl (C=O) groups excluding carboxylic acids is 1. The Morgan fingerprint density at radius 2 is 1.86 bits per heavy atom. The molecule has 0 radical (unpaired) electrons. The molecule has 180 valence electrons. The van der Waals surface area contributed by atoms with E-state index in [1.54, 1.807) is 37.3 Å². The van der Waals surface area contributed by atoms with Gasteiger partial charge in [0, 0.05) is 19.0 Å². The molecule has 0 atom stereocenters. The number of benzene rings is 2. The Morgan fingerprint density at radius 3 is 2.46 bits per heavy atom. The summed E-state index contributed by atoms with van der Waals surface area (Å²) < 4.78 is 45.7. The summed E-state index contributed by atoms with van der Waals surface area (Å²) in [6, 6.07) is 12.7. The molecule has 35 heavy (non-hydrogen) atoms. The van der Waals surface area contributed by atoms with E-state index in [-0.39, 0.29) is 59.3 Å². The summed E-state index contributed by atoms with van der Waals surface area (Å²) in [7, 11) is -3.99. The topological polar surface area (TPSA) is 109 Å². The van der Waals surface area contributed by atoms with Gasteiger partial charge in [-0.2, -0.15) is 8.42 Å². The van der Waals surface area contributed by atoms with Crippen LogP contribution in [0.15, 0.2) is 58.0 Å². The number of anilines is 1.